The minimum absolute atomic E-state index is 0.00623. The standard InChI is InChI=1S/C13H19F2NO/c1-3-17-8-4-7-16-10(2)11-5-6-12(14)13(15)9-11/h5-6,9-10,16H,3-4,7-8H2,1-2H3. The highest BCUT2D eigenvalue weighted by atomic mass is 19.2. The predicted molar refractivity (Wildman–Crippen MR) is 63.9 cm³/mol. The summed E-state index contributed by atoms with van der Waals surface area (Å²) in [6.07, 6.45) is 0.905. The highest BCUT2D eigenvalue weighted by Crippen LogP contribution is 2.15. The van der Waals surface area contributed by atoms with Gasteiger partial charge in [-0.05, 0) is 44.5 Å². The summed E-state index contributed by atoms with van der Waals surface area (Å²) in [6.45, 7) is 6.11. The summed E-state index contributed by atoms with van der Waals surface area (Å²) in [6, 6.07) is 3.99. The van der Waals surface area contributed by atoms with Crippen LogP contribution in [-0.2, 0) is 4.74 Å². The summed E-state index contributed by atoms with van der Waals surface area (Å²) in [5.41, 5.74) is 0.750. The molecule has 0 saturated heterocycles. The molecule has 1 unspecified atom stereocenters. The number of hydrogen-bond donors (Lipinski definition) is 1. The Morgan fingerprint density at radius 3 is 2.71 bits per heavy atom. The van der Waals surface area contributed by atoms with Crippen molar-refractivity contribution in [3.63, 3.8) is 0 Å². The molecule has 0 amide bonds. The fourth-order valence-corrected chi connectivity index (χ4v) is 1.54. The van der Waals surface area contributed by atoms with Crippen molar-refractivity contribution in [2.75, 3.05) is 19.8 Å². The van der Waals surface area contributed by atoms with Crippen LogP contribution >= 0.6 is 0 Å². The van der Waals surface area contributed by atoms with Gasteiger partial charge in [-0.25, -0.2) is 8.78 Å². The summed E-state index contributed by atoms with van der Waals surface area (Å²) in [5, 5.41) is 3.24. The zero-order valence-corrected chi connectivity index (χ0v) is 10.3. The zero-order valence-electron chi connectivity index (χ0n) is 10.3. The van der Waals surface area contributed by atoms with Gasteiger partial charge in [-0.15, -0.1) is 0 Å². The molecule has 0 heterocycles. The molecule has 17 heavy (non-hydrogen) atoms. The van der Waals surface area contributed by atoms with Gasteiger partial charge in [0, 0.05) is 19.3 Å². The first-order valence-corrected chi connectivity index (χ1v) is 5.91. The van der Waals surface area contributed by atoms with Crippen LogP contribution in [0.2, 0.25) is 0 Å². The number of ether oxygens (including phenoxy) is 1. The fourth-order valence-electron chi connectivity index (χ4n) is 1.54. The Morgan fingerprint density at radius 2 is 2.06 bits per heavy atom. The van der Waals surface area contributed by atoms with Crippen LogP contribution in [0.15, 0.2) is 18.2 Å². The van der Waals surface area contributed by atoms with Crippen LogP contribution in [0.5, 0.6) is 0 Å². The van der Waals surface area contributed by atoms with Gasteiger partial charge in [-0.3, -0.25) is 0 Å². The van der Waals surface area contributed by atoms with Gasteiger partial charge < -0.3 is 10.1 Å². The lowest BCUT2D eigenvalue weighted by Gasteiger charge is -2.14. The molecular weight excluding hydrogens is 224 g/mol. The molecule has 0 radical (unpaired) electrons. The van der Waals surface area contributed by atoms with Crippen molar-refractivity contribution in [2.45, 2.75) is 26.3 Å². The SMILES string of the molecule is CCOCCCNC(C)c1ccc(F)c(F)c1. The Morgan fingerprint density at radius 1 is 1.29 bits per heavy atom. The number of nitrogens with one attached hydrogen (secondary N) is 1. The van der Waals surface area contributed by atoms with Crippen LogP contribution in [0.25, 0.3) is 0 Å². The molecule has 1 atom stereocenters. The van der Waals surface area contributed by atoms with Crippen molar-refractivity contribution in [1.82, 2.24) is 5.32 Å². The van der Waals surface area contributed by atoms with Gasteiger partial charge in [0.05, 0.1) is 0 Å². The predicted octanol–water partition coefficient (Wildman–Crippen LogP) is 3.04. The van der Waals surface area contributed by atoms with Crippen LogP contribution in [0.3, 0.4) is 0 Å². The van der Waals surface area contributed by atoms with Gasteiger partial charge in [0.15, 0.2) is 11.6 Å². The van der Waals surface area contributed by atoms with Crippen LogP contribution in [-0.4, -0.2) is 19.8 Å². The molecule has 0 saturated carbocycles. The number of halogens is 2. The van der Waals surface area contributed by atoms with E-state index in [1.165, 1.54) is 6.07 Å². The van der Waals surface area contributed by atoms with Gasteiger partial charge in [0.2, 0.25) is 0 Å². The molecule has 2 nitrogen and oxygen atoms in total. The summed E-state index contributed by atoms with van der Waals surface area (Å²) in [7, 11) is 0. The first-order valence-electron chi connectivity index (χ1n) is 5.91. The smallest absolute Gasteiger partial charge is 0.159 e. The van der Waals surface area contributed by atoms with E-state index in [1.807, 2.05) is 13.8 Å². The topological polar surface area (TPSA) is 21.3 Å². The van der Waals surface area contributed by atoms with Gasteiger partial charge in [-0.2, -0.15) is 0 Å². The van der Waals surface area contributed by atoms with Crippen molar-refractivity contribution < 1.29 is 13.5 Å². The van der Waals surface area contributed by atoms with E-state index in [9.17, 15) is 8.78 Å². The molecule has 0 aliphatic carbocycles. The third-order valence-electron chi connectivity index (χ3n) is 2.56. The molecule has 1 aromatic rings. The highest BCUT2D eigenvalue weighted by molar-refractivity contribution is 5.20. The minimum Gasteiger partial charge on any atom is -0.382 e. The highest BCUT2D eigenvalue weighted by Gasteiger charge is 2.08. The van der Waals surface area contributed by atoms with Crippen LogP contribution in [0.1, 0.15) is 31.9 Å². The molecular formula is C13H19F2NO. The van der Waals surface area contributed by atoms with Crippen molar-refractivity contribution >= 4 is 0 Å². The molecule has 0 aromatic heterocycles. The normalized spacial score (nSPS) is 12.7. The fraction of sp³-hybridized carbons (Fsp3) is 0.538. The first kappa shape index (κ1) is 14.1. The lowest BCUT2D eigenvalue weighted by atomic mass is 10.1. The molecule has 1 aromatic carbocycles. The van der Waals surface area contributed by atoms with Crippen molar-refractivity contribution in [2.24, 2.45) is 0 Å². The third-order valence-corrected chi connectivity index (χ3v) is 2.56. The van der Waals surface area contributed by atoms with Gasteiger partial charge in [-0.1, -0.05) is 6.07 Å². The maximum atomic E-state index is 13.0. The largest absolute Gasteiger partial charge is 0.382 e. The van der Waals surface area contributed by atoms with E-state index in [0.29, 0.717) is 6.61 Å². The molecule has 0 aliphatic rings. The molecule has 0 aliphatic heterocycles. The number of benzene rings is 1. The van der Waals surface area contributed by atoms with Gasteiger partial charge >= 0.3 is 0 Å². The second kappa shape index (κ2) is 7.35. The van der Waals surface area contributed by atoms with E-state index in [0.717, 1.165) is 31.2 Å². The lowest BCUT2D eigenvalue weighted by Crippen LogP contribution is -2.21. The van der Waals surface area contributed by atoms with E-state index in [4.69, 9.17) is 4.74 Å². The van der Waals surface area contributed by atoms with Crippen molar-refractivity contribution in [1.29, 1.82) is 0 Å². The lowest BCUT2D eigenvalue weighted by molar-refractivity contribution is 0.144. The van der Waals surface area contributed by atoms with Crippen molar-refractivity contribution in [3.05, 3.63) is 35.4 Å². The number of rotatable bonds is 7. The Kier molecular flexibility index (Phi) is 6.08. The second-order valence-electron chi connectivity index (χ2n) is 3.90. The average molecular weight is 243 g/mol. The van der Waals surface area contributed by atoms with Crippen LogP contribution in [0, 0.1) is 11.6 Å². The minimum atomic E-state index is -0.808. The summed E-state index contributed by atoms with van der Waals surface area (Å²) in [5.74, 6) is -1.61. The third kappa shape index (κ3) is 4.79. The molecule has 96 valence electrons. The maximum absolute atomic E-state index is 13.0. The van der Waals surface area contributed by atoms with E-state index < -0.39 is 11.6 Å². The summed E-state index contributed by atoms with van der Waals surface area (Å²) < 4.78 is 31.0. The van der Waals surface area contributed by atoms with E-state index >= 15 is 0 Å². The van der Waals surface area contributed by atoms with E-state index in [-0.39, 0.29) is 6.04 Å². The van der Waals surface area contributed by atoms with Gasteiger partial charge in [0.1, 0.15) is 0 Å². The molecule has 1 rings (SSSR count). The van der Waals surface area contributed by atoms with Crippen LogP contribution in [0.4, 0.5) is 8.78 Å². The molecule has 0 fully saturated rings. The van der Waals surface area contributed by atoms with Gasteiger partial charge in [0.25, 0.3) is 0 Å². The first-order chi connectivity index (χ1) is 8.15. The zero-order chi connectivity index (χ0) is 12.7. The molecule has 0 bridgehead atoms. The van der Waals surface area contributed by atoms with E-state index in [1.54, 1.807) is 6.07 Å². The molecule has 1 N–H and O–H groups in total. The summed E-state index contributed by atoms with van der Waals surface area (Å²) >= 11 is 0. The Bertz CT molecular complexity index is 344. The maximum Gasteiger partial charge on any atom is 0.159 e. The Hall–Kier alpha value is -1.00. The molecule has 0 spiro atoms. The van der Waals surface area contributed by atoms with Crippen LogP contribution < -0.4 is 5.32 Å². The monoisotopic (exact) mass is 243 g/mol. The Labute approximate surface area is 101 Å². The Balaban J connectivity index is 2.36. The van der Waals surface area contributed by atoms with E-state index in [2.05, 4.69) is 5.32 Å². The van der Waals surface area contributed by atoms with Crippen molar-refractivity contribution in [3.8, 4) is 0 Å². The average Bonchev–Trinajstić information content (AvgIpc) is 2.32. The number of hydrogen-bond acceptors (Lipinski definition) is 2. The summed E-state index contributed by atoms with van der Waals surface area (Å²) in [4.78, 5) is 0. The molecule has 4 heteroatoms. The quantitative estimate of drug-likeness (QED) is 0.743. The second-order valence-corrected chi connectivity index (χ2v) is 3.90.